The molecule has 1 aromatic carbocycles. The van der Waals surface area contributed by atoms with E-state index in [0.717, 1.165) is 30.5 Å². The van der Waals surface area contributed by atoms with Gasteiger partial charge >= 0.3 is 0 Å². The van der Waals surface area contributed by atoms with E-state index >= 15 is 0 Å². The molecule has 0 aromatic heterocycles. The van der Waals surface area contributed by atoms with Gasteiger partial charge in [-0.05, 0) is 12.1 Å². The maximum absolute atomic E-state index is 12.1. The van der Waals surface area contributed by atoms with E-state index in [9.17, 15) is 4.79 Å². The topological polar surface area (TPSA) is 46.0 Å². The third-order valence-electron chi connectivity index (χ3n) is 3.58. The number of piperazine rings is 1. The van der Waals surface area contributed by atoms with E-state index in [0.29, 0.717) is 17.2 Å². The lowest BCUT2D eigenvalue weighted by atomic mass is 10.3. The Morgan fingerprint density at radius 2 is 2.09 bits per heavy atom. The number of nitrogens with one attached hydrogen (secondary N) is 2. The second-order valence-electron chi connectivity index (χ2n) is 5.25. The number of thioether (sulfide) groups is 1. The Balaban J connectivity index is 1.79. The van der Waals surface area contributed by atoms with Gasteiger partial charge < -0.3 is 19.9 Å². The largest absolute Gasteiger partial charge is 0.495 e. The van der Waals surface area contributed by atoms with E-state index in [-0.39, 0.29) is 5.91 Å². The Morgan fingerprint density at radius 1 is 1.41 bits per heavy atom. The maximum atomic E-state index is 12.1. The number of para-hydroxylation sites is 2. The molecule has 2 rings (SSSR count). The number of amides is 1. The molecule has 0 radical (unpaired) electrons. The van der Waals surface area contributed by atoms with Gasteiger partial charge in [0.1, 0.15) is 10.1 Å². The first-order valence-corrected chi connectivity index (χ1v) is 8.65. The number of methoxy groups -OCH3 is 1. The molecular weight excluding hydrogens is 318 g/mol. The predicted molar refractivity (Wildman–Crippen MR) is 94.9 cm³/mol. The minimum absolute atomic E-state index is 0.0726. The highest BCUT2D eigenvalue weighted by molar-refractivity contribution is 8.23. The highest BCUT2D eigenvalue weighted by Gasteiger charge is 2.19. The second kappa shape index (κ2) is 8.36. The third-order valence-corrected chi connectivity index (χ3v) is 5.11. The number of nitrogens with zero attached hydrogens (tertiary/aromatic N) is 1. The highest BCUT2D eigenvalue weighted by atomic mass is 32.2. The number of hydrogen-bond acceptors (Lipinski definition) is 4. The van der Waals surface area contributed by atoms with Gasteiger partial charge in [0.15, 0.2) is 0 Å². The molecule has 0 bridgehead atoms. The summed E-state index contributed by atoms with van der Waals surface area (Å²) < 4.78 is 6.03. The van der Waals surface area contributed by atoms with Gasteiger partial charge in [0, 0.05) is 0 Å². The van der Waals surface area contributed by atoms with E-state index in [4.69, 9.17) is 17.0 Å². The highest BCUT2D eigenvalue weighted by Crippen LogP contribution is 2.23. The van der Waals surface area contributed by atoms with Crippen molar-refractivity contribution in [3.8, 4) is 5.75 Å². The molecule has 0 spiro atoms. The first-order valence-electron chi connectivity index (χ1n) is 7.26. The van der Waals surface area contributed by atoms with Crippen molar-refractivity contribution in [1.82, 2.24) is 4.90 Å². The zero-order valence-corrected chi connectivity index (χ0v) is 14.6. The molecule has 1 aliphatic rings. The van der Waals surface area contributed by atoms with E-state index in [1.54, 1.807) is 7.11 Å². The number of carbonyl (C=O) groups is 1. The van der Waals surface area contributed by atoms with Gasteiger partial charge in [-0.15, -0.1) is 0 Å². The van der Waals surface area contributed by atoms with Crippen molar-refractivity contribution < 1.29 is 14.4 Å². The number of likely N-dealkylation sites (N-methyl/N-ethyl adjacent to an activating group) is 1. The number of thiocarbonyl (C=S) groups is 1. The molecule has 1 heterocycles. The Morgan fingerprint density at radius 3 is 2.77 bits per heavy atom. The molecule has 1 aliphatic heterocycles. The van der Waals surface area contributed by atoms with Crippen molar-refractivity contribution in [3.05, 3.63) is 24.3 Å². The van der Waals surface area contributed by atoms with Gasteiger partial charge in [0.05, 0.1) is 51.8 Å². The van der Waals surface area contributed by atoms with Crippen molar-refractivity contribution in [2.45, 2.75) is 0 Å². The summed E-state index contributed by atoms with van der Waals surface area (Å²) in [5.41, 5.74) is 0.685. The fourth-order valence-corrected chi connectivity index (χ4v) is 3.28. The Labute approximate surface area is 141 Å². The zero-order valence-electron chi connectivity index (χ0n) is 12.9. The summed E-state index contributed by atoms with van der Waals surface area (Å²) in [4.78, 5) is 15.8. The van der Waals surface area contributed by atoms with Crippen LogP contribution in [0, 0.1) is 0 Å². The molecule has 1 aromatic rings. The van der Waals surface area contributed by atoms with Crippen LogP contribution in [0.15, 0.2) is 24.3 Å². The van der Waals surface area contributed by atoms with Crippen LogP contribution in [-0.2, 0) is 4.79 Å². The number of rotatable bonds is 4. The van der Waals surface area contributed by atoms with E-state index in [1.165, 1.54) is 16.7 Å². The summed E-state index contributed by atoms with van der Waals surface area (Å²) >= 11 is 6.84. The van der Waals surface area contributed by atoms with Crippen LogP contribution in [-0.4, -0.2) is 61.2 Å². The smallest absolute Gasteiger partial charge is 0.234 e. The van der Waals surface area contributed by atoms with Gasteiger partial charge in [0.2, 0.25) is 5.91 Å². The average molecular weight is 340 g/mol. The predicted octanol–water partition coefficient (Wildman–Crippen LogP) is 0.482. The molecule has 1 fully saturated rings. The van der Waals surface area contributed by atoms with Crippen LogP contribution in [0.2, 0.25) is 0 Å². The quantitative estimate of drug-likeness (QED) is 0.781. The molecule has 0 aliphatic carbocycles. The van der Waals surface area contributed by atoms with Crippen LogP contribution >= 0.6 is 24.0 Å². The Kier molecular flexibility index (Phi) is 6.48. The van der Waals surface area contributed by atoms with Crippen LogP contribution in [0.3, 0.4) is 0 Å². The molecule has 22 heavy (non-hydrogen) atoms. The van der Waals surface area contributed by atoms with Crippen LogP contribution in [0.5, 0.6) is 5.75 Å². The average Bonchev–Trinajstić information content (AvgIpc) is 2.54. The molecule has 120 valence electrons. The number of ether oxygens (including phenoxy) is 1. The van der Waals surface area contributed by atoms with E-state index in [1.807, 2.05) is 24.3 Å². The van der Waals surface area contributed by atoms with Crippen LogP contribution in [0.4, 0.5) is 5.69 Å². The minimum Gasteiger partial charge on any atom is -0.495 e. The molecular formula is C15H22N3O2S2+. The zero-order chi connectivity index (χ0) is 15.9. The van der Waals surface area contributed by atoms with E-state index < -0.39 is 0 Å². The van der Waals surface area contributed by atoms with Gasteiger partial charge in [-0.1, -0.05) is 36.1 Å². The molecule has 5 nitrogen and oxygen atoms in total. The van der Waals surface area contributed by atoms with Crippen LogP contribution in [0.1, 0.15) is 0 Å². The molecule has 0 saturated carbocycles. The molecule has 2 N–H and O–H groups in total. The van der Waals surface area contributed by atoms with E-state index in [2.05, 4.69) is 17.3 Å². The summed E-state index contributed by atoms with van der Waals surface area (Å²) in [6.45, 7) is 4.11. The fraction of sp³-hybridized carbons (Fsp3) is 0.467. The number of hydrogen-bond donors (Lipinski definition) is 2. The molecule has 1 saturated heterocycles. The molecule has 1 amide bonds. The molecule has 0 unspecified atom stereocenters. The lowest BCUT2D eigenvalue weighted by Crippen LogP contribution is -3.12. The summed E-state index contributed by atoms with van der Waals surface area (Å²) in [6, 6.07) is 7.37. The van der Waals surface area contributed by atoms with Crippen molar-refractivity contribution in [2.75, 3.05) is 51.4 Å². The number of benzene rings is 1. The lowest BCUT2D eigenvalue weighted by Gasteiger charge is -2.31. The first-order chi connectivity index (χ1) is 10.6. The Bertz CT molecular complexity index is 531. The SMILES string of the molecule is COc1ccccc1NC(=O)CSC(=S)N1CC[NH+](C)CC1. The van der Waals surface area contributed by atoms with Crippen molar-refractivity contribution in [3.63, 3.8) is 0 Å². The van der Waals surface area contributed by atoms with Crippen LogP contribution < -0.4 is 15.0 Å². The first kappa shape index (κ1) is 17.1. The van der Waals surface area contributed by atoms with Crippen molar-refractivity contribution in [1.29, 1.82) is 0 Å². The normalized spacial score (nSPS) is 15.5. The summed E-state index contributed by atoms with van der Waals surface area (Å²) in [7, 11) is 3.78. The summed E-state index contributed by atoms with van der Waals surface area (Å²) in [6.07, 6.45) is 0. The summed E-state index contributed by atoms with van der Waals surface area (Å²) in [5, 5.41) is 2.86. The Hall–Kier alpha value is -1.31. The second-order valence-corrected chi connectivity index (χ2v) is 6.86. The molecule has 7 heteroatoms. The summed E-state index contributed by atoms with van der Waals surface area (Å²) in [5.74, 6) is 0.901. The standard InChI is InChI=1S/C15H21N3O2S2/c1-17-7-9-18(10-8-17)15(21)22-11-14(19)16-12-5-3-4-6-13(12)20-2/h3-6H,7-11H2,1-2H3,(H,16,19)/p+1. The van der Waals surface area contributed by atoms with Crippen LogP contribution in [0.25, 0.3) is 0 Å². The fourth-order valence-electron chi connectivity index (χ4n) is 2.22. The monoisotopic (exact) mass is 340 g/mol. The third kappa shape index (κ3) is 4.86. The number of carbonyl (C=O) groups excluding carboxylic acids is 1. The number of anilines is 1. The molecule has 0 atom stereocenters. The number of quaternary nitrogens is 1. The van der Waals surface area contributed by atoms with Crippen molar-refractivity contribution in [2.24, 2.45) is 0 Å². The van der Waals surface area contributed by atoms with Gasteiger partial charge in [-0.2, -0.15) is 0 Å². The van der Waals surface area contributed by atoms with Gasteiger partial charge in [-0.25, -0.2) is 0 Å². The van der Waals surface area contributed by atoms with Gasteiger partial charge in [0.25, 0.3) is 0 Å². The minimum atomic E-state index is -0.0726. The lowest BCUT2D eigenvalue weighted by molar-refractivity contribution is -0.883. The maximum Gasteiger partial charge on any atom is 0.234 e. The van der Waals surface area contributed by atoms with Gasteiger partial charge in [-0.3, -0.25) is 4.79 Å². The van der Waals surface area contributed by atoms with Crippen molar-refractivity contribution >= 4 is 39.9 Å².